The van der Waals surface area contributed by atoms with Crippen LogP contribution < -0.4 is 0 Å². The molecule has 1 unspecified atom stereocenters. The second-order valence-electron chi connectivity index (χ2n) is 13.2. The zero-order chi connectivity index (χ0) is 35.4. The van der Waals surface area contributed by atoms with Crippen LogP contribution in [0.5, 0.6) is 0 Å². The second-order valence-corrected chi connectivity index (χ2v) is 14.5. The molecule has 0 saturated heterocycles. The number of rotatable bonds is 36. The molecule has 0 aliphatic rings. The van der Waals surface area contributed by atoms with Gasteiger partial charge < -0.3 is 19.3 Å². The molecule has 48 heavy (non-hydrogen) atoms. The maximum absolute atomic E-state index is 12.4. The van der Waals surface area contributed by atoms with E-state index in [9.17, 15) is 14.2 Å². The third-order valence-electron chi connectivity index (χ3n) is 8.44. The Labute approximate surface area is 294 Å². The van der Waals surface area contributed by atoms with Crippen LogP contribution in [-0.2, 0) is 28.2 Å². The number of unbranched alkanes of at least 4 members (excludes halogenated alkanes) is 22. The van der Waals surface area contributed by atoms with E-state index >= 15 is 0 Å². The number of hydrogen-bond acceptors (Lipinski definition) is 6. The predicted molar refractivity (Wildman–Crippen MR) is 198 cm³/mol. The lowest BCUT2D eigenvalue weighted by molar-refractivity contribution is -0.161. The Morgan fingerprint density at radius 1 is 0.521 bits per heavy atom. The van der Waals surface area contributed by atoms with Crippen LogP contribution in [0.25, 0.3) is 0 Å². The van der Waals surface area contributed by atoms with Gasteiger partial charge >= 0.3 is 19.8 Å². The smallest absolute Gasteiger partial charge is 0.462 e. The van der Waals surface area contributed by atoms with E-state index in [0.29, 0.717) is 12.8 Å². The zero-order valence-corrected chi connectivity index (χ0v) is 31.8. The maximum atomic E-state index is 12.4. The van der Waals surface area contributed by atoms with Crippen LogP contribution in [0, 0.1) is 0 Å². The first kappa shape index (κ1) is 46.5. The van der Waals surface area contributed by atoms with Gasteiger partial charge in [-0.25, -0.2) is 4.57 Å². The lowest BCUT2D eigenvalue weighted by Gasteiger charge is -2.18. The number of carbonyl (C=O) groups is 2. The van der Waals surface area contributed by atoms with Gasteiger partial charge in [-0.1, -0.05) is 141 Å². The Balaban J connectivity index is 3.97. The molecule has 0 saturated carbocycles. The van der Waals surface area contributed by atoms with Crippen LogP contribution >= 0.6 is 7.82 Å². The zero-order valence-electron chi connectivity index (χ0n) is 30.9. The molecule has 0 aromatic rings. The molecule has 0 bridgehead atoms. The van der Waals surface area contributed by atoms with Gasteiger partial charge in [0, 0.05) is 12.8 Å². The SMILES string of the molecule is CCCCCCCC/C=C/CCCCCCCC(=O)OCC(COP(=O)(O)O)OC(=O)CCCCCCC/C=C/CCCCCCCC. The first-order valence-electron chi connectivity index (χ1n) is 19.6. The molecule has 0 amide bonds. The normalized spacial score (nSPS) is 12.7. The summed E-state index contributed by atoms with van der Waals surface area (Å²) in [5.74, 6) is -0.901. The summed E-state index contributed by atoms with van der Waals surface area (Å²) in [6.45, 7) is 3.66. The first-order chi connectivity index (χ1) is 23.3. The Hall–Kier alpha value is -1.47. The lowest BCUT2D eigenvalue weighted by Crippen LogP contribution is -2.29. The quantitative estimate of drug-likeness (QED) is 0.0287. The van der Waals surface area contributed by atoms with Crippen molar-refractivity contribution in [3.8, 4) is 0 Å². The van der Waals surface area contributed by atoms with Crippen LogP contribution in [-0.4, -0.2) is 41.0 Å². The Bertz CT molecular complexity index is 838. The molecule has 9 heteroatoms. The molecule has 0 heterocycles. The molecular weight excluding hydrogens is 627 g/mol. The third kappa shape index (κ3) is 37.4. The summed E-state index contributed by atoms with van der Waals surface area (Å²) >= 11 is 0. The Morgan fingerprint density at radius 2 is 0.875 bits per heavy atom. The van der Waals surface area contributed by atoms with Crippen LogP contribution in [0.2, 0.25) is 0 Å². The van der Waals surface area contributed by atoms with E-state index in [1.807, 2.05) is 0 Å². The van der Waals surface area contributed by atoms with Gasteiger partial charge in [-0.3, -0.25) is 14.1 Å². The molecule has 0 radical (unpaired) electrons. The lowest BCUT2D eigenvalue weighted by atomic mass is 10.1. The second kappa shape index (κ2) is 35.4. The largest absolute Gasteiger partial charge is 0.469 e. The summed E-state index contributed by atoms with van der Waals surface area (Å²) in [4.78, 5) is 42.7. The van der Waals surface area contributed by atoms with Gasteiger partial charge in [-0.2, -0.15) is 0 Å². The van der Waals surface area contributed by atoms with Gasteiger partial charge in [0.2, 0.25) is 0 Å². The average Bonchev–Trinajstić information content (AvgIpc) is 3.05. The molecule has 0 aliphatic heterocycles. The molecular formula is C39H73O8P. The van der Waals surface area contributed by atoms with E-state index in [1.54, 1.807) is 0 Å². The fourth-order valence-electron chi connectivity index (χ4n) is 5.48. The molecule has 282 valence electrons. The van der Waals surface area contributed by atoms with Gasteiger partial charge in [0.05, 0.1) is 6.61 Å². The predicted octanol–water partition coefficient (Wildman–Crippen LogP) is 11.6. The van der Waals surface area contributed by atoms with Crippen molar-refractivity contribution in [1.29, 1.82) is 0 Å². The Kier molecular flexibility index (Phi) is 34.3. The van der Waals surface area contributed by atoms with Crippen LogP contribution in [0.4, 0.5) is 0 Å². The standard InChI is InChI=1S/C39H73O8P/c1-3-5-7-9-11-13-15-17-19-21-23-25-27-29-31-33-38(40)45-35-37(36-46-48(42,43)44)47-39(41)34-32-30-28-26-24-22-20-18-16-14-12-10-8-6-4-2/h17-20,37H,3-16,21-36H2,1-2H3,(H2,42,43,44)/b19-17+,20-18+. The summed E-state index contributed by atoms with van der Waals surface area (Å²) in [6.07, 6.45) is 38.9. The molecule has 0 aromatic carbocycles. The third-order valence-corrected chi connectivity index (χ3v) is 8.93. The number of carbonyl (C=O) groups excluding carboxylic acids is 2. The van der Waals surface area contributed by atoms with Gasteiger partial charge in [0.1, 0.15) is 6.61 Å². The van der Waals surface area contributed by atoms with Crippen LogP contribution in [0.3, 0.4) is 0 Å². The number of hydrogen-bond donors (Lipinski definition) is 2. The summed E-state index contributed by atoms with van der Waals surface area (Å²) < 4.78 is 26.3. The number of allylic oxidation sites excluding steroid dienone is 4. The average molecular weight is 701 g/mol. The topological polar surface area (TPSA) is 119 Å². The van der Waals surface area contributed by atoms with E-state index in [0.717, 1.165) is 64.2 Å². The fourth-order valence-corrected chi connectivity index (χ4v) is 5.84. The monoisotopic (exact) mass is 701 g/mol. The number of esters is 2. The van der Waals surface area contributed by atoms with Crippen molar-refractivity contribution in [3.63, 3.8) is 0 Å². The minimum atomic E-state index is -4.75. The summed E-state index contributed by atoms with van der Waals surface area (Å²) in [7, 11) is -4.75. The van der Waals surface area contributed by atoms with E-state index in [4.69, 9.17) is 19.3 Å². The Morgan fingerprint density at radius 3 is 1.27 bits per heavy atom. The van der Waals surface area contributed by atoms with Crippen molar-refractivity contribution >= 4 is 19.8 Å². The number of ether oxygens (including phenoxy) is 2. The molecule has 2 N–H and O–H groups in total. The fraction of sp³-hybridized carbons (Fsp3) is 0.846. The number of phosphoric acid groups is 1. The van der Waals surface area contributed by atoms with Gasteiger partial charge in [-0.05, 0) is 64.2 Å². The summed E-state index contributed by atoms with van der Waals surface area (Å²) in [6, 6.07) is 0. The van der Waals surface area contributed by atoms with E-state index in [1.165, 1.54) is 89.9 Å². The number of phosphoric ester groups is 1. The van der Waals surface area contributed by atoms with Crippen LogP contribution in [0.15, 0.2) is 24.3 Å². The summed E-state index contributed by atoms with van der Waals surface area (Å²) in [5.41, 5.74) is 0. The van der Waals surface area contributed by atoms with Gasteiger partial charge in [0.15, 0.2) is 6.10 Å². The molecule has 0 aromatic heterocycles. The van der Waals surface area contributed by atoms with Gasteiger partial charge in [0.25, 0.3) is 0 Å². The summed E-state index contributed by atoms with van der Waals surface area (Å²) in [5, 5.41) is 0. The van der Waals surface area contributed by atoms with Crippen molar-refractivity contribution < 1.29 is 37.9 Å². The highest BCUT2D eigenvalue weighted by molar-refractivity contribution is 7.46. The molecule has 0 fully saturated rings. The van der Waals surface area contributed by atoms with Crippen molar-refractivity contribution in [3.05, 3.63) is 24.3 Å². The van der Waals surface area contributed by atoms with E-state index in [-0.39, 0.29) is 19.4 Å². The highest BCUT2D eigenvalue weighted by Gasteiger charge is 2.22. The minimum absolute atomic E-state index is 0.202. The van der Waals surface area contributed by atoms with Crippen molar-refractivity contribution in [2.24, 2.45) is 0 Å². The minimum Gasteiger partial charge on any atom is -0.462 e. The van der Waals surface area contributed by atoms with Crippen molar-refractivity contribution in [2.75, 3.05) is 13.2 Å². The molecule has 8 nitrogen and oxygen atoms in total. The van der Waals surface area contributed by atoms with Crippen LogP contribution in [0.1, 0.15) is 194 Å². The highest BCUT2D eigenvalue weighted by Crippen LogP contribution is 2.36. The molecule has 0 rings (SSSR count). The highest BCUT2D eigenvalue weighted by atomic mass is 31.2. The molecule has 1 atom stereocenters. The first-order valence-corrected chi connectivity index (χ1v) is 21.2. The van der Waals surface area contributed by atoms with Crippen molar-refractivity contribution in [2.45, 2.75) is 200 Å². The van der Waals surface area contributed by atoms with Gasteiger partial charge in [-0.15, -0.1) is 0 Å². The van der Waals surface area contributed by atoms with E-state index < -0.39 is 32.5 Å². The molecule has 0 spiro atoms. The molecule has 0 aliphatic carbocycles. The maximum Gasteiger partial charge on any atom is 0.469 e. The van der Waals surface area contributed by atoms with Crippen molar-refractivity contribution in [1.82, 2.24) is 0 Å². The van der Waals surface area contributed by atoms with E-state index in [2.05, 4.69) is 42.7 Å².